The number of hydrogen-bond acceptors (Lipinski definition) is 5. The van der Waals surface area contributed by atoms with Gasteiger partial charge in [0.2, 0.25) is 0 Å². The molecule has 19 heavy (non-hydrogen) atoms. The lowest BCUT2D eigenvalue weighted by Crippen LogP contribution is -2.39. The van der Waals surface area contributed by atoms with Gasteiger partial charge < -0.3 is 14.8 Å². The molecule has 0 aliphatic carbocycles. The summed E-state index contributed by atoms with van der Waals surface area (Å²) in [7, 11) is 1.24. The first-order valence-corrected chi connectivity index (χ1v) is 5.58. The van der Waals surface area contributed by atoms with Gasteiger partial charge in [-0.2, -0.15) is 5.26 Å². The van der Waals surface area contributed by atoms with E-state index in [-0.39, 0.29) is 6.54 Å². The number of methoxy groups -OCH3 is 1. The molecule has 1 unspecified atom stereocenters. The Balaban J connectivity index is 2.49. The number of nitrogens with one attached hydrogen (secondary N) is 1. The fourth-order valence-electron chi connectivity index (χ4n) is 1.24. The van der Waals surface area contributed by atoms with Crippen LogP contribution in [-0.2, 0) is 14.3 Å². The normalized spacial score (nSPS) is 11.0. The van der Waals surface area contributed by atoms with Gasteiger partial charge in [0.05, 0.1) is 18.7 Å². The molecule has 1 rings (SSSR count). The van der Waals surface area contributed by atoms with Crippen molar-refractivity contribution in [2.75, 3.05) is 13.7 Å². The summed E-state index contributed by atoms with van der Waals surface area (Å²) in [5.41, 5.74) is 0.509. The van der Waals surface area contributed by atoms with Crippen molar-refractivity contribution in [2.45, 2.75) is 13.0 Å². The molecule has 0 aliphatic rings. The van der Waals surface area contributed by atoms with E-state index in [1.165, 1.54) is 7.11 Å². The van der Waals surface area contributed by atoms with E-state index in [1.807, 2.05) is 6.07 Å². The van der Waals surface area contributed by atoms with Crippen LogP contribution < -0.4 is 10.1 Å². The molecule has 1 aromatic carbocycles. The molecule has 0 aromatic heterocycles. The van der Waals surface area contributed by atoms with Crippen molar-refractivity contribution in [3.63, 3.8) is 0 Å². The summed E-state index contributed by atoms with van der Waals surface area (Å²) in [6.07, 6.45) is -0.752. The van der Waals surface area contributed by atoms with Crippen LogP contribution in [0.25, 0.3) is 0 Å². The van der Waals surface area contributed by atoms with Crippen LogP contribution in [0, 0.1) is 11.3 Å². The predicted molar refractivity (Wildman–Crippen MR) is 66.3 cm³/mol. The van der Waals surface area contributed by atoms with E-state index in [9.17, 15) is 9.59 Å². The van der Waals surface area contributed by atoms with E-state index in [0.29, 0.717) is 11.3 Å². The van der Waals surface area contributed by atoms with Gasteiger partial charge in [0.25, 0.3) is 5.91 Å². The zero-order valence-corrected chi connectivity index (χ0v) is 10.7. The van der Waals surface area contributed by atoms with Crippen LogP contribution in [0.3, 0.4) is 0 Å². The molecule has 0 fully saturated rings. The Morgan fingerprint density at radius 2 is 2.00 bits per heavy atom. The van der Waals surface area contributed by atoms with E-state index >= 15 is 0 Å². The highest BCUT2D eigenvalue weighted by molar-refractivity contribution is 5.84. The van der Waals surface area contributed by atoms with Crippen molar-refractivity contribution in [2.24, 2.45) is 0 Å². The highest BCUT2D eigenvalue weighted by Gasteiger charge is 2.15. The molecule has 0 saturated heterocycles. The minimum atomic E-state index is -0.752. The van der Waals surface area contributed by atoms with Crippen molar-refractivity contribution < 1.29 is 19.1 Å². The second-order valence-electron chi connectivity index (χ2n) is 3.69. The van der Waals surface area contributed by atoms with Gasteiger partial charge >= 0.3 is 5.97 Å². The van der Waals surface area contributed by atoms with E-state index in [4.69, 9.17) is 10.00 Å². The fourth-order valence-corrected chi connectivity index (χ4v) is 1.24. The van der Waals surface area contributed by atoms with Gasteiger partial charge in [-0.15, -0.1) is 0 Å². The number of nitriles is 1. The molecule has 100 valence electrons. The van der Waals surface area contributed by atoms with Gasteiger partial charge in [-0.1, -0.05) is 0 Å². The van der Waals surface area contributed by atoms with Gasteiger partial charge in [0.15, 0.2) is 6.10 Å². The first-order chi connectivity index (χ1) is 9.06. The predicted octanol–water partition coefficient (Wildman–Crippen LogP) is 0.615. The third-order valence-electron chi connectivity index (χ3n) is 2.30. The zero-order chi connectivity index (χ0) is 14.3. The van der Waals surface area contributed by atoms with Crippen molar-refractivity contribution in [3.05, 3.63) is 29.8 Å². The molecule has 1 amide bonds. The lowest BCUT2D eigenvalue weighted by atomic mass is 10.2. The molecule has 6 nitrogen and oxygen atoms in total. The first kappa shape index (κ1) is 14.5. The Morgan fingerprint density at radius 1 is 1.37 bits per heavy atom. The summed E-state index contributed by atoms with van der Waals surface area (Å²) >= 11 is 0. The average Bonchev–Trinajstić information content (AvgIpc) is 2.44. The third-order valence-corrected chi connectivity index (χ3v) is 2.30. The van der Waals surface area contributed by atoms with E-state index in [1.54, 1.807) is 31.2 Å². The van der Waals surface area contributed by atoms with Gasteiger partial charge in [-0.3, -0.25) is 9.59 Å². The van der Waals surface area contributed by atoms with Crippen LogP contribution >= 0.6 is 0 Å². The molecule has 6 heteroatoms. The van der Waals surface area contributed by atoms with Crippen molar-refractivity contribution in [3.8, 4) is 11.8 Å². The molecule has 0 radical (unpaired) electrons. The van der Waals surface area contributed by atoms with Crippen molar-refractivity contribution in [1.82, 2.24) is 5.32 Å². The SMILES string of the molecule is COC(=O)CNC(=O)C(C)Oc1ccc(C#N)cc1. The van der Waals surface area contributed by atoms with Crippen LogP contribution in [0.4, 0.5) is 0 Å². The van der Waals surface area contributed by atoms with E-state index < -0.39 is 18.0 Å². The van der Waals surface area contributed by atoms with Crippen molar-refractivity contribution >= 4 is 11.9 Å². The highest BCUT2D eigenvalue weighted by Crippen LogP contribution is 2.13. The first-order valence-electron chi connectivity index (χ1n) is 5.58. The molecule has 0 saturated carbocycles. The molecule has 0 aliphatic heterocycles. The molecular weight excluding hydrogens is 248 g/mol. The summed E-state index contributed by atoms with van der Waals surface area (Å²) < 4.78 is 9.77. The molecular formula is C13H14N2O4. The molecule has 1 aromatic rings. The lowest BCUT2D eigenvalue weighted by molar-refractivity contribution is -0.141. The number of hydrogen-bond donors (Lipinski definition) is 1. The number of benzene rings is 1. The number of rotatable bonds is 5. The quantitative estimate of drug-likeness (QED) is 0.785. The number of nitrogens with zero attached hydrogens (tertiary/aromatic N) is 1. The second kappa shape index (κ2) is 7.01. The summed E-state index contributed by atoms with van der Waals surface area (Å²) in [6, 6.07) is 8.37. The minimum absolute atomic E-state index is 0.198. The average molecular weight is 262 g/mol. The summed E-state index contributed by atoms with van der Waals surface area (Å²) in [5, 5.41) is 11.0. The Morgan fingerprint density at radius 3 is 2.53 bits per heavy atom. The van der Waals surface area contributed by atoms with E-state index in [2.05, 4.69) is 10.1 Å². The maximum atomic E-state index is 11.6. The standard InChI is InChI=1S/C13H14N2O4/c1-9(13(17)15-8-12(16)18-2)19-11-5-3-10(7-14)4-6-11/h3-6,9H,8H2,1-2H3,(H,15,17). The highest BCUT2D eigenvalue weighted by atomic mass is 16.5. The van der Waals surface area contributed by atoms with Gasteiger partial charge in [0, 0.05) is 0 Å². The van der Waals surface area contributed by atoms with Gasteiger partial charge in [0.1, 0.15) is 12.3 Å². The number of esters is 1. The summed E-state index contributed by atoms with van der Waals surface area (Å²) in [5.74, 6) is -0.478. The van der Waals surface area contributed by atoms with Crippen LogP contribution in [0.2, 0.25) is 0 Å². The Kier molecular flexibility index (Phi) is 5.35. The molecule has 1 N–H and O–H groups in total. The Labute approximate surface area is 110 Å². The van der Waals surface area contributed by atoms with Crippen LogP contribution in [-0.4, -0.2) is 31.6 Å². The van der Waals surface area contributed by atoms with Crippen LogP contribution in [0.5, 0.6) is 5.75 Å². The number of amides is 1. The number of carbonyl (C=O) groups excluding carboxylic acids is 2. The number of carbonyl (C=O) groups is 2. The molecule has 0 heterocycles. The Bertz CT molecular complexity index is 490. The zero-order valence-electron chi connectivity index (χ0n) is 10.7. The minimum Gasteiger partial charge on any atom is -0.481 e. The largest absolute Gasteiger partial charge is 0.481 e. The smallest absolute Gasteiger partial charge is 0.325 e. The topological polar surface area (TPSA) is 88.4 Å². The molecule has 1 atom stereocenters. The monoisotopic (exact) mass is 262 g/mol. The molecule has 0 spiro atoms. The van der Waals surface area contributed by atoms with Crippen LogP contribution in [0.15, 0.2) is 24.3 Å². The van der Waals surface area contributed by atoms with Gasteiger partial charge in [-0.25, -0.2) is 0 Å². The fraction of sp³-hybridized carbons (Fsp3) is 0.308. The summed E-state index contributed by atoms with van der Waals surface area (Å²) in [6.45, 7) is 1.36. The summed E-state index contributed by atoms with van der Waals surface area (Å²) in [4.78, 5) is 22.5. The Hall–Kier alpha value is -2.55. The second-order valence-corrected chi connectivity index (χ2v) is 3.69. The van der Waals surface area contributed by atoms with Crippen LogP contribution in [0.1, 0.15) is 12.5 Å². The molecule has 0 bridgehead atoms. The maximum Gasteiger partial charge on any atom is 0.325 e. The maximum absolute atomic E-state index is 11.6. The van der Waals surface area contributed by atoms with Gasteiger partial charge in [-0.05, 0) is 31.2 Å². The third kappa shape index (κ3) is 4.68. The van der Waals surface area contributed by atoms with E-state index in [0.717, 1.165) is 0 Å². The number of ether oxygens (including phenoxy) is 2. The van der Waals surface area contributed by atoms with Crippen molar-refractivity contribution in [1.29, 1.82) is 5.26 Å². The lowest BCUT2D eigenvalue weighted by Gasteiger charge is -2.14.